The van der Waals surface area contributed by atoms with E-state index in [1.54, 1.807) is 12.1 Å². The first-order chi connectivity index (χ1) is 9.25. The molecule has 1 aliphatic heterocycles. The van der Waals surface area contributed by atoms with Crippen molar-refractivity contribution < 1.29 is 5.11 Å². The minimum Gasteiger partial charge on any atom is -0.506 e. The zero-order chi connectivity index (χ0) is 14.9. The standard InChI is InChI=1S/C11H8Cl4N4O/c1-5-16-9(11(13,14)15)19-10(17-5)18-7-3-2-6(12)4-8(7)20/h2-4,20H,1H2,(H2,16,17,18,19). The number of halogens is 4. The number of benzene rings is 1. The van der Waals surface area contributed by atoms with Crippen molar-refractivity contribution in [2.24, 2.45) is 9.98 Å². The first-order valence-electron chi connectivity index (χ1n) is 5.22. The van der Waals surface area contributed by atoms with E-state index in [2.05, 4.69) is 27.2 Å². The quantitative estimate of drug-likeness (QED) is 0.533. The molecule has 2 rings (SSSR count). The zero-order valence-electron chi connectivity index (χ0n) is 9.79. The van der Waals surface area contributed by atoms with E-state index in [1.807, 2.05) is 0 Å². The Morgan fingerprint density at radius 3 is 2.55 bits per heavy atom. The van der Waals surface area contributed by atoms with Gasteiger partial charge in [-0.15, -0.1) is 0 Å². The Morgan fingerprint density at radius 2 is 1.95 bits per heavy atom. The van der Waals surface area contributed by atoms with Gasteiger partial charge in [0.2, 0.25) is 9.75 Å². The zero-order valence-corrected chi connectivity index (χ0v) is 12.8. The molecule has 0 bridgehead atoms. The Hall–Kier alpha value is -1.14. The maximum Gasteiger partial charge on any atom is 0.248 e. The third-order valence-electron chi connectivity index (χ3n) is 2.20. The van der Waals surface area contributed by atoms with Crippen molar-refractivity contribution in [3.63, 3.8) is 0 Å². The van der Waals surface area contributed by atoms with Gasteiger partial charge in [0.25, 0.3) is 0 Å². The van der Waals surface area contributed by atoms with Crippen LogP contribution in [-0.2, 0) is 0 Å². The van der Waals surface area contributed by atoms with Gasteiger partial charge in [-0.05, 0) is 12.1 Å². The minimum absolute atomic E-state index is 0.0541. The number of phenolic OH excluding ortho intramolecular Hbond substituents is 1. The van der Waals surface area contributed by atoms with Crippen LogP contribution in [0.5, 0.6) is 5.75 Å². The lowest BCUT2D eigenvalue weighted by Crippen LogP contribution is -2.38. The largest absolute Gasteiger partial charge is 0.506 e. The smallest absolute Gasteiger partial charge is 0.248 e. The van der Waals surface area contributed by atoms with Crippen molar-refractivity contribution in [1.82, 2.24) is 5.32 Å². The average molecular weight is 354 g/mol. The Morgan fingerprint density at radius 1 is 1.25 bits per heavy atom. The topological polar surface area (TPSA) is 69.0 Å². The van der Waals surface area contributed by atoms with Crippen molar-refractivity contribution in [2.45, 2.75) is 3.79 Å². The molecule has 3 N–H and O–H groups in total. The van der Waals surface area contributed by atoms with Gasteiger partial charge in [-0.2, -0.15) is 9.98 Å². The molecule has 0 spiro atoms. The van der Waals surface area contributed by atoms with E-state index in [-0.39, 0.29) is 23.4 Å². The van der Waals surface area contributed by atoms with Gasteiger partial charge in [0.1, 0.15) is 11.6 Å². The number of aromatic hydroxyl groups is 1. The molecule has 0 saturated heterocycles. The molecule has 0 aromatic heterocycles. The molecule has 1 aliphatic rings. The summed E-state index contributed by atoms with van der Waals surface area (Å²) in [6, 6.07) is 4.54. The number of guanidine groups is 1. The number of alkyl halides is 3. The number of phenols is 1. The summed E-state index contributed by atoms with van der Waals surface area (Å²) in [7, 11) is 0. The van der Waals surface area contributed by atoms with Crippen molar-refractivity contribution in [3.05, 3.63) is 35.6 Å². The van der Waals surface area contributed by atoms with Gasteiger partial charge in [0.05, 0.1) is 5.69 Å². The summed E-state index contributed by atoms with van der Waals surface area (Å²) < 4.78 is -1.74. The van der Waals surface area contributed by atoms with Gasteiger partial charge in [0, 0.05) is 11.1 Å². The van der Waals surface area contributed by atoms with Crippen molar-refractivity contribution in [2.75, 3.05) is 5.32 Å². The molecule has 1 aromatic carbocycles. The molecular weight excluding hydrogens is 346 g/mol. The summed E-state index contributed by atoms with van der Waals surface area (Å²) in [5, 5.41) is 15.6. The number of hydrogen-bond acceptors (Lipinski definition) is 5. The first-order valence-corrected chi connectivity index (χ1v) is 6.73. The fourth-order valence-corrected chi connectivity index (χ4v) is 1.81. The fourth-order valence-electron chi connectivity index (χ4n) is 1.37. The minimum atomic E-state index is -1.74. The third kappa shape index (κ3) is 3.70. The monoisotopic (exact) mass is 352 g/mol. The maximum absolute atomic E-state index is 9.75. The SMILES string of the molecule is C=C1N=C(Nc2ccc(Cl)cc2O)N=C(C(Cl)(Cl)Cl)N1. The van der Waals surface area contributed by atoms with Crippen LogP contribution in [0.2, 0.25) is 5.02 Å². The van der Waals surface area contributed by atoms with Gasteiger partial charge in [-0.25, -0.2) is 0 Å². The lowest BCUT2D eigenvalue weighted by atomic mass is 10.3. The lowest BCUT2D eigenvalue weighted by molar-refractivity contribution is 0.478. The number of rotatable bonds is 1. The van der Waals surface area contributed by atoms with Crippen LogP contribution in [0.15, 0.2) is 40.6 Å². The molecule has 1 aromatic rings. The molecular formula is C11H8Cl4N4O. The van der Waals surface area contributed by atoms with E-state index in [4.69, 9.17) is 46.4 Å². The van der Waals surface area contributed by atoms with Crippen LogP contribution in [0, 0.1) is 0 Å². The Bertz CT molecular complexity index is 621. The molecule has 106 valence electrons. The molecule has 5 nitrogen and oxygen atoms in total. The van der Waals surface area contributed by atoms with E-state index in [0.29, 0.717) is 10.7 Å². The second-order valence-electron chi connectivity index (χ2n) is 3.75. The highest BCUT2D eigenvalue weighted by Crippen LogP contribution is 2.30. The molecule has 9 heteroatoms. The molecule has 0 aliphatic carbocycles. The Kier molecular flexibility index (Phi) is 4.34. The summed E-state index contributed by atoms with van der Waals surface area (Å²) in [4.78, 5) is 8.00. The highest BCUT2D eigenvalue weighted by molar-refractivity contribution is 6.76. The summed E-state index contributed by atoms with van der Waals surface area (Å²) in [5.41, 5.74) is 0.357. The molecule has 0 amide bonds. The Balaban J connectivity index is 2.28. The number of hydrogen-bond donors (Lipinski definition) is 3. The van der Waals surface area contributed by atoms with Crippen LogP contribution in [0.3, 0.4) is 0 Å². The molecule has 0 unspecified atom stereocenters. The molecule has 0 saturated carbocycles. The lowest BCUT2D eigenvalue weighted by Gasteiger charge is -2.21. The van der Waals surface area contributed by atoms with Crippen LogP contribution in [0.1, 0.15) is 0 Å². The second kappa shape index (κ2) is 5.69. The van der Waals surface area contributed by atoms with Crippen molar-refractivity contribution in [1.29, 1.82) is 0 Å². The predicted molar refractivity (Wildman–Crippen MR) is 84.2 cm³/mol. The Labute approximate surface area is 134 Å². The van der Waals surface area contributed by atoms with E-state index in [1.165, 1.54) is 6.07 Å². The van der Waals surface area contributed by atoms with Gasteiger partial charge >= 0.3 is 0 Å². The number of amidine groups is 1. The van der Waals surface area contributed by atoms with E-state index in [0.717, 1.165) is 0 Å². The predicted octanol–water partition coefficient (Wildman–Crippen LogP) is 3.66. The van der Waals surface area contributed by atoms with E-state index < -0.39 is 3.79 Å². The van der Waals surface area contributed by atoms with Gasteiger partial charge in [-0.3, -0.25) is 0 Å². The highest BCUT2D eigenvalue weighted by Gasteiger charge is 2.31. The molecule has 20 heavy (non-hydrogen) atoms. The van der Waals surface area contributed by atoms with Crippen LogP contribution in [-0.4, -0.2) is 20.7 Å². The second-order valence-corrected chi connectivity index (χ2v) is 6.47. The first kappa shape index (κ1) is 15.3. The summed E-state index contributed by atoms with van der Waals surface area (Å²) in [5.74, 6) is 0.360. The molecule has 0 atom stereocenters. The van der Waals surface area contributed by atoms with E-state index >= 15 is 0 Å². The summed E-state index contributed by atoms with van der Waals surface area (Å²) in [6.07, 6.45) is 0. The average Bonchev–Trinajstić information content (AvgIpc) is 2.31. The van der Waals surface area contributed by atoms with Crippen LogP contribution in [0.4, 0.5) is 5.69 Å². The molecule has 0 radical (unpaired) electrons. The summed E-state index contributed by atoms with van der Waals surface area (Å²) >= 11 is 23.0. The number of anilines is 1. The fraction of sp³-hybridized carbons (Fsp3) is 0.0909. The maximum atomic E-state index is 9.75. The van der Waals surface area contributed by atoms with Crippen molar-refractivity contribution in [3.8, 4) is 5.75 Å². The van der Waals surface area contributed by atoms with Crippen LogP contribution >= 0.6 is 46.4 Å². The van der Waals surface area contributed by atoms with Crippen LogP contribution < -0.4 is 10.6 Å². The highest BCUT2D eigenvalue weighted by atomic mass is 35.6. The third-order valence-corrected chi connectivity index (χ3v) is 2.97. The normalized spacial score (nSPS) is 15.3. The van der Waals surface area contributed by atoms with Gasteiger partial charge < -0.3 is 15.7 Å². The van der Waals surface area contributed by atoms with Gasteiger partial charge in [0.15, 0.2) is 5.84 Å². The molecule has 0 fully saturated rings. The van der Waals surface area contributed by atoms with E-state index in [9.17, 15) is 5.11 Å². The summed E-state index contributed by atoms with van der Waals surface area (Å²) in [6.45, 7) is 3.63. The number of nitrogens with one attached hydrogen (secondary N) is 2. The van der Waals surface area contributed by atoms with Crippen LogP contribution in [0.25, 0.3) is 0 Å². The number of aliphatic imine (C=N–C) groups is 2. The van der Waals surface area contributed by atoms with Gasteiger partial charge in [-0.1, -0.05) is 53.0 Å². The molecule has 1 heterocycles. The van der Waals surface area contributed by atoms with Crippen molar-refractivity contribution >= 4 is 63.9 Å². The number of nitrogens with zero attached hydrogens (tertiary/aromatic N) is 2.